The van der Waals surface area contributed by atoms with Crippen LogP contribution in [-0.2, 0) is 4.79 Å². The summed E-state index contributed by atoms with van der Waals surface area (Å²) in [5.74, 6) is 0.579. The largest absolute Gasteiger partial charge is 0.370 e. The number of anilines is 1. The van der Waals surface area contributed by atoms with Crippen LogP contribution in [0.4, 0.5) is 5.69 Å². The number of Topliss-reactive ketones (excluding diaryl/α,β-unsaturated/α-hetero) is 1. The van der Waals surface area contributed by atoms with Crippen LogP contribution in [0.15, 0.2) is 18.2 Å². The summed E-state index contributed by atoms with van der Waals surface area (Å²) in [7, 11) is 0. The molecular formula is C14H19NO. The Balaban J connectivity index is 2.21. The van der Waals surface area contributed by atoms with Gasteiger partial charge in [-0.1, -0.05) is 13.0 Å². The average Bonchev–Trinajstić information content (AvgIpc) is 2.20. The van der Waals surface area contributed by atoms with Gasteiger partial charge in [-0.3, -0.25) is 4.79 Å². The Bertz CT molecular complexity index is 391. The van der Waals surface area contributed by atoms with E-state index >= 15 is 0 Å². The van der Waals surface area contributed by atoms with Crippen molar-refractivity contribution < 1.29 is 4.79 Å². The van der Waals surface area contributed by atoms with Gasteiger partial charge in [-0.2, -0.15) is 0 Å². The van der Waals surface area contributed by atoms with Gasteiger partial charge in [0.05, 0.1) is 0 Å². The number of piperidine rings is 1. The summed E-state index contributed by atoms with van der Waals surface area (Å²) in [6.07, 6.45) is 0.689. The van der Waals surface area contributed by atoms with Crippen molar-refractivity contribution >= 4 is 11.5 Å². The first-order valence-electron chi connectivity index (χ1n) is 5.92. The zero-order chi connectivity index (χ0) is 11.7. The average molecular weight is 217 g/mol. The van der Waals surface area contributed by atoms with Crippen LogP contribution < -0.4 is 4.90 Å². The number of rotatable bonds is 1. The Kier molecular flexibility index (Phi) is 2.99. The molecule has 1 saturated heterocycles. The molecule has 0 bridgehead atoms. The summed E-state index contributed by atoms with van der Waals surface area (Å²) in [6.45, 7) is 8.00. The van der Waals surface area contributed by atoms with Gasteiger partial charge < -0.3 is 4.90 Å². The summed E-state index contributed by atoms with van der Waals surface area (Å²) in [4.78, 5) is 13.8. The predicted octanol–water partition coefficient (Wildman–Crippen LogP) is 2.72. The molecule has 0 saturated carbocycles. The molecule has 2 heteroatoms. The normalized spacial score (nSPS) is 21.3. The molecule has 0 radical (unpaired) electrons. The van der Waals surface area contributed by atoms with E-state index in [1.54, 1.807) is 0 Å². The topological polar surface area (TPSA) is 20.3 Å². The molecule has 2 rings (SSSR count). The summed E-state index contributed by atoms with van der Waals surface area (Å²) >= 11 is 0. The number of carbonyl (C=O) groups is 1. The van der Waals surface area contributed by atoms with Crippen LogP contribution in [0.5, 0.6) is 0 Å². The maximum Gasteiger partial charge on any atom is 0.139 e. The Morgan fingerprint density at radius 1 is 1.19 bits per heavy atom. The van der Waals surface area contributed by atoms with Crippen molar-refractivity contribution in [2.45, 2.75) is 27.2 Å². The minimum Gasteiger partial charge on any atom is -0.370 e. The second kappa shape index (κ2) is 4.28. The molecule has 1 aliphatic heterocycles. The SMILES string of the molecule is Cc1cc(C)cc(N2CCC(=O)C(C)C2)c1. The van der Waals surface area contributed by atoms with Crippen LogP contribution in [-0.4, -0.2) is 18.9 Å². The van der Waals surface area contributed by atoms with E-state index in [2.05, 4.69) is 36.9 Å². The van der Waals surface area contributed by atoms with E-state index in [1.807, 2.05) is 6.92 Å². The lowest BCUT2D eigenvalue weighted by atomic mass is 9.97. The van der Waals surface area contributed by atoms with Crippen LogP contribution in [0, 0.1) is 19.8 Å². The van der Waals surface area contributed by atoms with Crippen molar-refractivity contribution in [3.63, 3.8) is 0 Å². The van der Waals surface area contributed by atoms with E-state index in [0.717, 1.165) is 13.1 Å². The molecule has 1 aromatic rings. The van der Waals surface area contributed by atoms with Gasteiger partial charge >= 0.3 is 0 Å². The van der Waals surface area contributed by atoms with Crippen LogP contribution in [0.2, 0.25) is 0 Å². The number of hydrogen-bond acceptors (Lipinski definition) is 2. The lowest BCUT2D eigenvalue weighted by molar-refractivity contribution is -0.122. The third kappa shape index (κ3) is 2.26. The summed E-state index contributed by atoms with van der Waals surface area (Å²) in [5.41, 5.74) is 3.84. The number of benzene rings is 1. The Hall–Kier alpha value is -1.31. The van der Waals surface area contributed by atoms with Crippen LogP contribution >= 0.6 is 0 Å². The molecule has 0 N–H and O–H groups in total. The fourth-order valence-electron chi connectivity index (χ4n) is 2.38. The fraction of sp³-hybridized carbons (Fsp3) is 0.500. The Morgan fingerprint density at radius 3 is 2.38 bits per heavy atom. The lowest BCUT2D eigenvalue weighted by Gasteiger charge is -2.32. The Morgan fingerprint density at radius 2 is 1.81 bits per heavy atom. The first-order chi connectivity index (χ1) is 7.56. The minimum absolute atomic E-state index is 0.176. The molecule has 16 heavy (non-hydrogen) atoms. The molecule has 1 fully saturated rings. The summed E-state index contributed by atoms with van der Waals surface area (Å²) in [5, 5.41) is 0. The second-order valence-electron chi connectivity index (χ2n) is 4.91. The van der Waals surface area contributed by atoms with Crippen molar-refractivity contribution in [3.8, 4) is 0 Å². The molecule has 0 aliphatic carbocycles. The third-order valence-electron chi connectivity index (χ3n) is 3.24. The summed E-state index contributed by atoms with van der Waals surface area (Å²) in [6, 6.07) is 6.59. The monoisotopic (exact) mass is 217 g/mol. The lowest BCUT2D eigenvalue weighted by Crippen LogP contribution is -2.39. The first kappa shape index (κ1) is 11.2. The molecule has 1 atom stereocenters. The highest BCUT2D eigenvalue weighted by Crippen LogP contribution is 2.23. The third-order valence-corrected chi connectivity index (χ3v) is 3.24. The van der Waals surface area contributed by atoms with Crippen LogP contribution in [0.3, 0.4) is 0 Å². The van der Waals surface area contributed by atoms with Gasteiger partial charge in [0, 0.05) is 31.1 Å². The highest BCUT2D eigenvalue weighted by Gasteiger charge is 2.23. The summed E-state index contributed by atoms with van der Waals surface area (Å²) < 4.78 is 0. The van der Waals surface area contributed by atoms with Gasteiger partial charge in [0.2, 0.25) is 0 Å². The van der Waals surface area contributed by atoms with Crippen LogP contribution in [0.25, 0.3) is 0 Å². The smallest absolute Gasteiger partial charge is 0.139 e. The molecule has 2 nitrogen and oxygen atoms in total. The molecule has 0 spiro atoms. The maximum absolute atomic E-state index is 11.5. The number of carbonyl (C=O) groups excluding carboxylic acids is 1. The molecule has 1 aliphatic rings. The molecule has 1 aromatic carbocycles. The molecule has 86 valence electrons. The van der Waals surface area contributed by atoms with E-state index in [4.69, 9.17) is 0 Å². The van der Waals surface area contributed by atoms with E-state index < -0.39 is 0 Å². The Labute approximate surface area is 97.3 Å². The van der Waals surface area contributed by atoms with Crippen molar-refractivity contribution in [2.75, 3.05) is 18.0 Å². The van der Waals surface area contributed by atoms with Crippen molar-refractivity contribution in [3.05, 3.63) is 29.3 Å². The number of aryl methyl sites for hydroxylation is 2. The van der Waals surface area contributed by atoms with Gasteiger partial charge in [-0.05, 0) is 37.1 Å². The molecule has 0 amide bonds. The molecule has 1 heterocycles. The molecular weight excluding hydrogens is 198 g/mol. The molecule has 1 unspecified atom stereocenters. The standard InChI is InChI=1S/C14H19NO/c1-10-6-11(2)8-13(7-10)15-5-4-14(16)12(3)9-15/h6-8,12H,4-5,9H2,1-3H3. The van der Waals surface area contributed by atoms with Crippen molar-refractivity contribution in [1.29, 1.82) is 0 Å². The maximum atomic E-state index is 11.5. The number of hydrogen-bond donors (Lipinski definition) is 0. The highest BCUT2D eigenvalue weighted by atomic mass is 16.1. The predicted molar refractivity (Wildman–Crippen MR) is 66.9 cm³/mol. The number of ketones is 1. The number of nitrogens with zero attached hydrogens (tertiary/aromatic N) is 1. The van der Waals surface area contributed by atoms with Crippen molar-refractivity contribution in [1.82, 2.24) is 0 Å². The first-order valence-corrected chi connectivity index (χ1v) is 5.92. The van der Waals surface area contributed by atoms with Gasteiger partial charge in [0.25, 0.3) is 0 Å². The highest BCUT2D eigenvalue weighted by molar-refractivity contribution is 5.83. The minimum atomic E-state index is 0.176. The van der Waals surface area contributed by atoms with Gasteiger partial charge in [-0.25, -0.2) is 0 Å². The van der Waals surface area contributed by atoms with Gasteiger partial charge in [0.15, 0.2) is 0 Å². The fourth-order valence-corrected chi connectivity index (χ4v) is 2.38. The van der Waals surface area contributed by atoms with E-state index in [1.165, 1.54) is 16.8 Å². The van der Waals surface area contributed by atoms with E-state index in [-0.39, 0.29) is 5.92 Å². The van der Waals surface area contributed by atoms with E-state index in [0.29, 0.717) is 12.2 Å². The zero-order valence-electron chi connectivity index (χ0n) is 10.3. The second-order valence-corrected chi connectivity index (χ2v) is 4.91. The van der Waals surface area contributed by atoms with Gasteiger partial charge in [-0.15, -0.1) is 0 Å². The molecule has 0 aromatic heterocycles. The van der Waals surface area contributed by atoms with E-state index in [9.17, 15) is 4.79 Å². The van der Waals surface area contributed by atoms with Crippen molar-refractivity contribution in [2.24, 2.45) is 5.92 Å². The van der Waals surface area contributed by atoms with Gasteiger partial charge in [0.1, 0.15) is 5.78 Å². The quantitative estimate of drug-likeness (QED) is 0.721. The zero-order valence-corrected chi connectivity index (χ0v) is 10.3. The van der Waals surface area contributed by atoms with Crippen LogP contribution in [0.1, 0.15) is 24.5 Å².